The third-order valence-corrected chi connectivity index (χ3v) is 3.48. The Morgan fingerprint density at radius 2 is 1.90 bits per heavy atom. The predicted octanol–water partition coefficient (Wildman–Crippen LogP) is 4.03. The van der Waals surface area contributed by atoms with Crippen LogP contribution in [-0.2, 0) is 11.2 Å². The van der Waals surface area contributed by atoms with Crippen LogP contribution >= 0.6 is 15.9 Å². The number of para-hydroxylation sites is 1. The molecule has 0 saturated heterocycles. The van der Waals surface area contributed by atoms with Crippen LogP contribution in [0.2, 0.25) is 0 Å². The molecule has 0 bridgehead atoms. The molecule has 3 nitrogen and oxygen atoms in total. The number of halogens is 1. The normalized spacial score (nSPS) is 10.1. The zero-order valence-corrected chi connectivity index (χ0v) is 13.3. The van der Waals surface area contributed by atoms with Gasteiger partial charge in [0.1, 0.15) is 5.75 Å². The van der Waals surface area contributed by atoms with E-state index in [1.165, 1.54) is 5.56 Å². The fourth-order valence-corrected chi connectivity index (χ4v) is 2.22. The van der Waals surface area contributed by atoms with Crippen LogP contribution in [0, 0.1) is 0 Å². The van der Waals surface area contributed by atoms with Crippen LogP contribution in [0.25, 0.3) is 0 Å². The van der Waals surface area contributed by atoms with Crippen molar-refractivity contribution in [1.82, 2.24) is 0 Å². The van der Waals surface area contributed by atoms with Crippen molar-refractivity contribution in [2.24, 2.45) is 0 Å². The first-order valence-corrected chi connectivity index (χ1v) is 8.02. The summed E-state index contributed by atoms with van der Waals surface area (Å²) in [4.78, 5) is 11.9. The van der Waals surface area contributed by atoms with Crippen molar-refractivity contribution in [1.29, 1.82) is 0 Å². The largest absolute Gasteiger partial charge is 0.484 e. The van der Waals surface area contributed by atoms with Gasteiger partial charge in [-0.1, -0.05) is 46.3 Å². The Morgan fingerprint density at radius 3 is 2.67 bits per heavy atom. The Hall–Kier alpha value is -1.81. The summed E-state index contributed by atoms with van der Waals surface area (Å²) in [6.07, 6.45) is 2.07. The van der Waals surface area contributed by atoms with E-state index in [-0.39, 0.29) is 12.5 Å². The summed E-state index contributed by atoms with van der Waals surface area (Å²) in [5.74, 6) is 0.537. The van der Waals surface area contributed by atoms with Crippen LogP contribution in [0.3, 0.4) is 0 Å². The minimum atomic E-state index is -0.156. The Kier molecular flexibility index (Phi) is 6.28. The first kappa shape index (κ1) is 15.6. The Morgan fingerprint density at radius 1 is 1.10 bits per heavy atom. The molecule has 0 atom stereocenters. The van der Waals surface area contributed by atoms with Crippen molar-refractivity contribution in [3.63, 3.8) is 0 Å². The van der Waals surface area contributed by atoms with Gasteiger partial charge in [-0.2, -0.15) is 0 Å². The summed E-state index contributed by atoms with van der Waals surface area (Å²) >= 11 is 3.42. The predicted molar refractivity (Wildman–Crippen MR) is 89.1 cm³/mol. The molecule has 110 valence electrons. The molecular formula is C17H18BrNO2. The Labute approximate surface area is 133 Å². The molecule has 1 amide bonds. The maximum absolute atomic E-state index is 11.9. The average molecular weight is 348 g/mol. The van der Waals surface area contributed by atoms with Crippen molar-refractivity contribution in [2.45, 2.75) is 12.8 Å². The standard InChI is InChI=1S/C17H18BrNO2/c18-11-5-7-14-6-4-8-15(12-14)19-17(20)13-21-16-9-2-1-3-10-16/h1-4,6,8-10,12H,5,7,11,13H2,(H,19,20). The fourth-order valence-electron chi connectivity index (χ4n) is 1.94. The van der Waals surface area contributed by atoms with Gasteiger partial charge in [0.2, 0.25) is 0 Å². The van der Waals surface area contributed by atoms with E-state index in [1.807, 2.05) is 48.5 Å². The summed E-state index contributed by atoms with van der Waals surface area (Å²) < 4.78 is 5.42. The lowest BCUT2D eigenvalue weighted by Gasteiger charge is -2.08. The topological polar surface area (TPSA) is 38.3 Å². The number of ether oxygens (including phenoxy) is 1. The van der Waals surface area contributed by atoms with E-state index in [9.17, 15) is 4.79 Å². The molecule has 0 saturated carbocycles. The van der Waals surface area contributed by atoms with E-state index >= 15 is 0 Å². The lowest BCUT2D eigenvalue weighted by Crippen LogP contribution is -2.20. The van der Waals surface area contributed by atoms with Crippen molar-refractivity contribution in [3.05, 3.63) is 60.2 Å². The van der Waals surface area contributed by atoms with E-state index in [2.05, 4.69) is 27.3 Å². The average Bonchev–Trinajstić information content (AvgIpc) is 2.52. The second-order valence-electron chi connectivity index (χ2n) is 4.64. The van der Waals surface area contributed by atoms with Gasteiger partial charge in [-0.15, -0.1) is 0 Å². The van der Waals surface area contributed by atoms with Gasteiger partial charge in [-0.25, -0.2) is 0 Å². The molecule has 2 aromatic rings. The van der Waals surface area contributed by atoms with Crippen LogP contribution in [0.15, 0.2) is 54.6 Å². The molecule has 0 spiro atoms. The van der Waals surface area contributed by atoms with E-state index in [0.29, 0.717) is 5.75 Å². The van der Waals surface area contributed by atoms with Crippen molar-refractivity contribution < 1.29 is 9.53 Å². The summed E-state index contributed by atoms with van der Waals surface area (Å²) in [5, 5.41) is 3.83. The summed E-state index contributed by atoms with van der Waals surface area (Å²) in [6.45, 7) is 0.00956. The number of carbonyl (C=O) groups is 1. The second-order valence-corrected chi connectivity index (χ2v) is 5.44. The van der Waals surface area contributed by atoms with Gasteiger partial charge in [0.05, 0.1) is 0 Å². The van der Waals surface area contributed by atoms with Crippen LogP contribution in [0.1, 0.15) is 12.0 Å². The maximum atomic E-state index is 11.9. The summed E-state index contributed by atoms with van der Waals surface area (Å²) in [5.41, 5.74) is 2.03. The second kappa shape index (κ2) is 8.47. The monoisotopic (exact) mass is 347 g/mol. The van der Waals surface area contributed by atoms with Crippen LogP contribution in [0.4, 0.5) is 5.69 Å². The van der Waals surface area contributed by atoms with Gasteiger partial charge in [-0.05, 0) is 42.7 Å². The molecule has 4 heteroatoms. The summed E-state index contributed by atoms with van der Waals surface area (Å²) in [7, 11) is 0. The van der Waals surface area contributed by atoms with Gasteiger partial charge in [0, 0.05) is 11.0 Å². The molecule has 21 heavy (non-hydrogen) atoms. The molecule has 0 fully saturated rings. The Bertz CT molecular complexity index is 572. The van der Waals surface area contributed by atoms with Crippen molar-refractivity contribution >= 4 is 27.5 Å². The van der Waals surface area contributed by atoms with Gasteiger partial charge in [-0.3, -0.25) is 4.79 Å². The lowest BCUT2D eigenvalue weighted by atomic mass is 10.1. The highest BCUT2D eigenvalue weighted by molar-refractivity contribution is 9.09. The first-order chi connectivity index (χ1) is 10.3. The minimum Gasteiger partial charge on any atom is -0.484 e. The number of nitrogens with one attached hydrogen (secondary N) is 1. The summed E-state index contributed by atoms with van der Waals surface area (Å²) in [6, 6.07) is 17.2. The number of amides is 1. The zero-order chi connectivity index (χ0) is 14.9. The van der Waals surface area contributed by atoms with E-state index in [1.54, 1.807) is 0 Å². The van der Waals surface area contributed by atoms with Gasteiger partial charge in [0.25, 0.3) is 5.91 Å². The quantitative estimate of drug-likeness (QED) is 0.767. The first-order valence-electron chi connectivity index (χ1n) is 6.90. The highest BCUT2D eigenvalue weighted by Gasteiger charge is 2.04. The highest BCUT2D eigenvalue weighted by atomic mass is 79.9. The number of alkyl halides is 1. The van der Waals surface area contributed by atoms with Gasteiger partial charge < -0.3 is 10.1 Å². The van der Waals surface area contributed by atoms with Gasteiger partial charge in [0.15, 0.2) is 6.61 Å². The number of hydrogen-bond donors (Lipinski definition) is 1. The van der Waals surface area contributed by atoms with Crippen molar-refractivity contribution in [2.75, 3.05) is 17.3 Å². The smallest absolute Gasteiger partial charge is 0.262 e. The molecule has 0 aliphatic heterocycles. The molecule has 0 aromatic heterocycles. The molecule has 0 heterocycles. The molecule has 1 N–H and O–H groups in total. The molecule has 2 aromatic carbocycles. The number of hydrogen-bond acceptors (Lipinski definition) is 2. The van der Waals surface area contributed by atoms with Crippen LogP contribution in [0.5, 0.6) is 5.75 Å². The zero-order valence-electron chi connectivity index (χ0n) is 11.7. The van der Waals surface area contributed by atoms with E-state index in [4.69, 9.17) is 4.74 Å². The minimum absolute atomic E-state index is 0.00956. The lowest BCUT2D eigenvalue weighted by molar-refractivity contribution is -0.118. The van der Waals surface area contributed by atoms with Crippen LogP contribution < -0.4 is 10.1 Å². The third-order valence-electron chi connectivity index (χ3n) is 2.92. The SMILES string of the molecule is O=C(COc1ccccc1)Nc1cccc(CCCBr)c1. The number of aryl methyl sites for hydroxylation is 1. The number of carbonyl (C=O) groups excluding carboxylic acids is 1. The highest BCUT2D eigenvalue weighted by Crippen LogP contribution is 2.13. The Balaban J connectivity index is 1.84. The molecular weight excluding hydrogens is 330 g/mol. The number of rotatable bonds is 7. The van der Waals surface area contributed by atoms with E-state index < -0.39 is 0 Å². The molecule has 0 radical (unpaired) electrons. The van der Waals surface area contributed by atoms with Crippen molar-refractivity contribution in [3.8, 4) is 5.75 Å². The maximum Gasteiger partial charge on any atom is 0.262 e. The molecule has 0 aliphatic rings. The third kappa shape index (κ3) is 5.60. The molecule has 0 aliphatic carbocycles. The molecule has 0 unspecified atom stereocenters. The van der Waals surface area contributed by atoms with Crippen LogP contribution in [-0.4, -0.2) is 17.8 Å². The number of anilines is 1. The van der Waals surface area contributed by atoms with Gasteiger partial charge >= 0.3 is 0 Å². The number of benzene rings is 2. The molecule has 2 rings (SSSR count). The van der Waals surface area contributed by atoms with E-state index in [0.717, 1.165) is 23.9 Å². The fraction of sp³-hybridized carbons (Fsp3) is 0.235.